The zero-order valence-corrected chi connectivity index (χ0v) is 21.5. The van der Waals surface area contributed by atoms with Crippen molar-refractivity contribution in [1.82, 2.24) is 15.5 Å². The van der Waals surface area contributed by atoms with Crippen LogP contribution in [0.3, 0.4) is 0 Å². The van der Waals surface area contributed by atoms with Crippen molar-refractivity contribution in [3.8, 4) is 11.5 Å². The second-order valence-electron chi connectivity index (χ2n) is 9.43. The topological polar surface area (TPSA) is 110 Å². The van der Waals surface area contributed by atoms with E-state index in [-0.39, 0.29) is 42.7 Å². The van der Waals surface area contributed by atoms with E-state index in [0.717, 1.165) is 6.07 Å². The molecule has 0 saturated carbocycles. The molecule has 1 fully saturated rings. The molecule has 1 saturated heterocycles. The number of hydrogen-bond donors (Lipinski definition) is 2. The second-order valence-corrected chi connectivity index (χ2v) is 9.86. The number of carbonyl (C=O) groups is 3. The van der Waals surface area contributed by atoms with Gasteiger partial charge in [-0.1, -0.05) is 11.6 Å². The number of furan rings is 1. The molecule has 3 heterocycles. The number of fused-ring (bicyclic) bond motifs is 5. The Morgan fingerprint density at radius 2 is 2.00 bits per heavy atom. The lowest BCUT2D eigenvalue weighted by molar-refractivity contribution is -0.125. The van der Waals surface area contributed by atoms with Gasteiger partial charge in [0, 0.05) is 42.2 Å². The Balaban J connectivity index is 1.46. The minimum atomic E-state index is -0.561. The Labute approximate surface area is 223 Å². The van der Waals surface area contributed by atoms with Crippen molar-refractivity contribution >= 4 is 40.3 Å². The predicted octanol–water partition coefficient (Wildman–Crippen LogP) is 3.78. The lowest BCUT2D eigenvalue weighted by atomic mass is 10.0. The standard InChI is InChI=1S/C27H27ClFN3O6/c1-36-22-11-17(28)9-16-10-23(38-24(16)22)27(35)32-13-15-3-5-19(14-32)31-26(34)20-12-18(29)4-6-21(20)37-8-2-7-30-25(15)33/h4,6,9-12,15,19H,2-3,5,7-8,13-14H2,1H3,(H,30,33)(H,31,34)/t15-,19+/m0/s1. The molecule has 2 aliphatic heterocycles. The van der Waals surface area contributed by atoms with Gasteiger partial charge < -0.3 is 29.4 Å². The number of nitrogens with one attached hydrogen (secondary N) is 2. The van der Waals surface area contributed by atoms with Gasteiger partial charge in [0.05, 0.1) is 25.2 Å². The highest BCUT2D eigenvalue weighted by Crippen LogP contribution is 2.33. The average Bonchev–Trinajstić information content (AvgIpc) is 3.21. The molecule has 1 aromatic heterocycles. The third-order valence-corrected chi connectivity index (χ3v) is 7.00. The number of hydrogen-bond acceptors (Lipinski definition) is 6. The summed E-state index contributed by atoms with van der Waals surface area (Å²) in [6.07, 6.45) is 1.39. The van der Waals surface area contributed by atoms with E-state index in [1.807, 2.05) is 0 Å². The fourth-order valence-electron chi connectivity index (χ4n) is 4.87. The molecule has 2 N–H and O–H groups in total. The van der Waals surface area contributed by atoms with Crippen LogP contribution in [0.25, 0.3) is 11.0 Å². The Morgan fingerprint density at radius 3 is 2.82 bits per heavy atom. The molecule has 200 valence electrons. The van der Waals surface area contributed by atoms with E-state index in [1.54, 1.807) is 18.2 Å². The van der Waals surface area contributed by atoms with Crippen molar-refractivity contribution in [3.63, 3.8) is 0 Å². The van der Waals surface area contributed by atoms with Crippen LogP contribution in [-0.4, -0.2) is 62.0 Å². The van der Waals surface area contributed by atoms with Crippen LogP contribution >= 0.6 is 11.6 Å². The predicted molar refractivity (Wildman–Crippen MR) is 137 cm³/mol. The van der Waals surface area contributed by atoms with Gasteiger partial charge >= 0.3 is 0 Å². The molecule has 5 rings (SSSR count). The highest BCUT2D eigenvalue weighted by Gasteiger charge is 2.33. The first-order valence-corrected chi connectivity index (χ1v) is 12.8. The molecule has 2 aromatic carbocycles. The van der Waals surface area contributed by atoms with E-state index in [4.69, 9.17) is 25.5 Å². The Morgan fingerprint density at radius 1 is 1.16 bits per heavy atom. The quantitative estimate of drug-likeness (QED) is 0.509. The fourth-order valence-corrected chi connectivity index (χ4v) is 5.08. The van der Waals surface area contributed by atoms with Gasteiger partial charge in [-0.15, -0.1) is 0 Å². The number of halogens is 2. The lowest BCUT2D eigenvalue weighted by Gasteiger charge is -2.25. The van der Waals surface area contributed by atoms with Crippen molar-refractivity contribution in [2.24, 2.45) is 5.92 Å². The minimum absolute atomic E-state index is 0.0606. The van der Waals surface area contributed by atoms with E-state index < -0.39 is 29.6 Å². The highest BCUT2D eigenvalue weighted by molar-refractivity contribution is 6.31. The van der Waals surface area contributed by atoms with Crippen molar-refractivity contribution in [3.05, 3.63) is 58.6 Å². The highest BCUT2D eigenvalue weighted by atomic mass is 35.5. The Bertz CT molecular complexity index is 1390. The third kappa shape index (κ3) is 5.40. The zero-order valence-electron chi connectivity index (χ0n) is 20.7. The molecule has 3 aromatic rings. The number of carbonyl (C=O) groups excluding carboxylic acids is 3. The monoisotopic (exact) mass is 543 g/mol. The van der Waals surface area contributed by atoms with Gasteiger partial charge in [0.15, 0.2) is 17.1 Å². The Hall–Kier alpha value is -3.79. The Kier molecular flexibility index (Phi) is 7.42. The van der Waals surface area contributed by atoms with E-state index in [0.29, 0.717) is 47.5 Å². The summed E-state index contributed by atoms with van der Waals surface area (Å²) in [5, 5.41) is 6.85. The van der Waals surface area contributed by atoms with Crippen LogP contribution in [0.15, 0.2) is 40.8 Å². The number of nitrogens with zero attached hydrogens (tertiary/aromatic N) is 1. The molecule has 0 aliphatic carbocycles. The van der Waals surface area contributed by atoms with E-state index >= 15 is 0 Å². The summed E-state index contributed by atoms with van der Waals surface area (Å²) < 4.78 is 30.9. The van der Waals surface area contributed by atoms with Gasteiger partial charge in [0.1, 0.15) is 11.6 Å². The van der Waals surface area contributed by atoms with Crippen molar-refractivity contribution in [2.75, 3.05) is 33.4 Å². The van der Waals surface area contributed by atoms with Gasteiger partial charge in [0.25, 0.3) is 11.8 Å². The van der Waals surface area contributed by atoms with Crippen LogP contribution in [0, 0.1) is 11.7 Å². The number of methoxy groups -OCH3 is 1. The molecule has 0 radical (unpaired) electrons. The minimum Gasteiger partial charge on any atom is -0.493 e. The van der Waals surface area contributed by atoms with Gasteiger partial charge in [-0.2, -0.15) is 0 Å². The lowest BCUT2D eigenvalue weighted by Crippen LogP contribution is -2.45. The molecule has 0 unspecified atom stereocenters. The first-order chi connectivity index (χ1) is 18.3. The van der Waals surface area contributed by atoms with Gasteiger partial charge in [-0.3, -0.25) is 14.4 Å². The van der Waals surface area contributed by atoms with Crippen molar-refractivity contribution < 1.29 is 32.7 Å². The van der Waals surface area contributed by atoms with Gasteiger partial charge in [0.2, 0.25) is 5.91 Å². The third-order valence-electron chi connectivity index (χ3n) is 6.78. The molecule has 38 heavy (non-hydrogen) atoms. The molecule has 11 heteroatoms. The first-order valence-electron chi connectivity index (χ1n) is 12.4. The molecule has 2 atom stereocenters. The van der Waals surface area contributed by atoms with Crippen LogP contribution in [-0.2, 0) is 4.79 Å². The average molecular weight is 544 g/mol. The second kappa shape index (κ2) is 10.9. The number of rotatable bonds is 2. The summed E-state index contributed by atoms with van der Waals surface area (Å²) in [6, 6.07) is 8.12. The van der Waals surface area contributed by atoms with Crippen molar-refractivity contribution in [2.45, 2.75) is 25.3 Å². The summed E-state index contributed by atoms with van der Waals surface area (Å²) >= 11 is 6.17. The SMILES string of the molecule is COc1cc(Cl)cc2cc(C(=O)N3C[C@H]4CC[C@@H](C3)C(=O)NCCCOc3ccc(F)cc3C(=O)N4)oc12. The maximum Gasteiger partial charge on any atom is 0.289 e. The van der Waals surface area contributed by atoms with Crippen LogP contribution in [0.1, 0.15) is 40.2 Å². The fraction of sp³-hybridized carbons (Fsp3) is 0.370. The van der Waals surface area contributed by atoms with E-state index in [2.05, 4.69) is 10.6 Å². The summed E-state index contributed by atoms with van der Waals surface area (Å²) in [5.74, 6) is -1.46. The molecule has 2 aliphatic rings. The first kappa shape index (κ1) is 25.8. The summed E-state index contributed by atoms with van der Waals surface area (Å²) in [4.78, 5) is 41.3. The van der Waals surface area contributed by atoms with Crippen molar-refractivity contribution in [1.29, 1.82) is 0 Å². The smallest absolute Gasteiger partial charge is 0.289 e. The van der Waals surface area contributed by atoms with Gasteiger partial charge in [-0.05, 0) is 49.6 Å². The van der Waals surface area contributed by atoms with Crippen LogP contribution in [0.4, 0.5) is 4.39 Å². The summed E-state index contributed by atoms with van der Waals surface area (Å²) in [5.41, 5.74) is 0.456. The molecule has 3 amide bonds. The number of ether oxygens (including phenoxy) is 2. The normalized spacial score (nSPS) is 20.6. The molecular weight excluding hydrogens is 517 g/mol. The molecular formula is C27H27ClFN3O6. The number of benzene rings is 2. The zero-order chi connectivity index (χ0) is 26.8. The summed E-state index contributed by atoms with van der Waals surface area (Å²) in [7, 11) is 1.48. The van der Waals surface area contributed by atoms with Crippen LogP contribution in [0.2, 0.25) is 5.02 Å². The molecule has 2 bridgehead atoms. The van der Waals surface area contributed by atoms with Crippen LogP contribution < -0.4 is 20.1 Å². The maximum atomic E-state index is 14.0. The number of amides is 3. The van der Waals surface area contributed by atoms with E-state index in [9.17, 15) is 18.8 Å². The molecule has 0 spiro atoms. The summed E-state index contributed by atoms with van der Waals surface area (Å²) in [6.45, 7) is 0.881. The van der Waals surface area contributed by atoms with Crippen LogP contribution in [0.5, 0.6) is 11.5 Å². The van der Waals surface area contributed by atoms with E-state index in [1.165, 1.54) is 24.1 Å². The van der Waals surface area contributed by atoms with Gasteiger partial charge in [-0.25, -0.2) is 4.39 Å². The largest absolute Gasteiger partial charge is 0.493 e. The number of likely N-dealkylation sites (tertiary alicyclic amines) is 1. The molecule has 9 nitrogen and oxygen atoms in total. The maximum absolute atomic E-state index is 14.0.